The molecule has 0 saturated heterocycles. The van der Waals surface area contributed by atoms with Crippen molar-refractivity contribution >= 4 is 43.5 Å². The molecule has 0 fully saturated rings. The van der Waals surface area contributed by atoms with Crippen LogP contribution in [0, 0.1) is 0 Å². The van der Waals surface area contributed by atoms with E-state index in [2.05, 4.69) is 9.44 Å². The molecule has 0 unspecified atom stereocenters. The fraction of sp³-hybridized carbons (Fsp3) is 0.0455. The monoisotopic (exact) mass is 488 g/mol. The molecule has 0 aliphatic carbocycles. The summed E-state index contributed by atoms with van der Waals surface area (Å²) in [5.41, 5.74) is 0.861. The van der Waals surface area contributed by atoms with Crippen molar-refractivity contribution in [3.05, 3.63) is 84.4 Å². The molecule has 0 bridgehead atoms. The second kappa shape index (κ2) is 9.76. The Kier molecular flexibility index (Phi) is 7.04. The number of rotatable bonds is 9. The zero-order valence-corrected chi connectivity index (χ0v) is 18.9. The van der Waals surface area contributed by atoms with E-state index < -0.39 is 26.0 Å². The van der Waals surface area contributed by atoms with Crippen LogP contribution in [0.4, 0.5) is 11.4 Å². The molecule has 3 rings (SSSR count). The fourth-order valence-corrected chi connectivity index (χ4v) is 5.13. The second-order valence-electron chi connectivity index (χ2n) is 6.68. The quantitative estimate of drug-likeness (QED) is 0.392. The molecular weight excluding hydrogens is 468 g/mol. The number of anilines is 2. The van der Waals surface area contributed by atoms with Crippen LogP contribution in [0.2, 0.25) is 0 Å². The lowest BCUT2D eigenvalue weighted by Gasteiger charge is -2.13. The molecular formula is C22H20N2O7S2. The maximum atomic E-state index is 12.9. The van der Waals surface area contributed by atoms with E-state index in [0.29, 0.717) is 11.3 Å². The number of aliphatic carboxylic acids is 1. The normalized spacial score (nSPS) is 11.8. The highest BCUT2D eigenvalue weighted by Gasteiger charge is 2.21. The summed E-state index contributed by atoms with van der Waals surface area (Å²) in [6.45, 7) is 0. The first-order valence-corrected chi connectivity index (χ1v) is 12.4. The van der Waals surface area contributed by atoms with E-state index in [-0.39, 0.29) is 21.2 Å². The van der Waals surface area contributed by atoms with Gasteiger partial charge in [-0.05, 0) is 60.2 Å². The standard InChI is InChI=1S/C22H20N2O7S2/c1-31-20-13-7-16(8-14-22(25)26)15-21(20)33(29,30)24-18-9-11-19(12-10-18)32(27,28)23-17-5-3-2-4-6-17/h2-15,23-24H,1H3,(H,25,26)/b14-8+. The van der Waals surface area contributed by atoms with Crippen molar-refractivity contribution in [2.75, 3.05) is 16.6 Å². The van der Waals surface area contributed by atoms with Crippen molar-refractivity contribution in [3.8, 4) is 5.75 Å². The lowest BCUT2D eigenvalue weighted by Crippen LogP contribution is -2.15. The average molecular weight is 489 g/mol. The van der Waals surface area contributed by atoms with Crippen molar-refractivity contribution in [2.45, 2.75) is 9.79 Å². The Labute approximate surface area is 191 Å². The van der Waals surface area contributed by atoms with Crippen LogP contribution in [0.3, 0.4) is 0 Å². The molecule has 0 heterocycles. The lowest BCUT2D eigenvalue weighted by atomic mass is 10.2. The van der Waals surface area contributed by atoms with Gasteiger partial charge in [-0.25, -0.2) is 21.6 Å². The van der Waals surface area contributed by atoms with Crippen molar-refractivity contribution in [3.63, 3.8) is 0 Å². The van der Waals surface area contributed by atoms with Gasteiger partial charge >= 0.3 is 5.97 Å². The molecule has 3 N–H and O–H groups in total. The number of carbonyl (C=O) groups is 1. The number of sulfonamides is 2. The minimum absolute atomic E-state index is 0.0484. The van der Waals surface area contributed by atoms with Crippen molar-refractivity contribution in [1.29, 1.82) is 0 Å². The van der Waals surface area contributed by atoms with Gasteiger partial charge in [0.2, 0.25) is 0 Å². The predicted molar refractivity (Wildman–Crippen MR) is 124 cm³/mol. The Bertz CT molecular complexity index is 1380. The lowest BCUT2D eigenvalue weighted by molar-refractivity contribution is -0.131. The Morgan fingerprint density at radius 1 is 0.848 bits per heavy atom. The number of carboxylic acid groups (broad SMARTS) is 1. The van der Waals surface area contributed by atoms with Gasteiger partial charge in [-0.1, -0.05) is 24.3 Å². The molecule has 0 aromatic heterocycles. The molecule has 0 aliphatic heterocycles. The highest BCUT2D eigenvalue weighted by Crippen LogP contribution is 2.28. The molecule has 0 aliphatic rings. The number of hydrogen-bond donors (Lipinski definition) is 3. The molecule has 11 heteroatoms. The van der Waals surface area contributed by atoms with Gasteiger partial charge in [-0.2, -0.15) is 0 Å². The first kappa shape index (κ1) is 23.8. The van der Waals surface area contributed by atoms with Crippen LogP contribution in [0.15, 0.2) is 88.7 Å². The summed E-state index contributed by atoms with van der Waals surface area (Å²) in [7, 11) is -6.69. The van der Waals surface area contributed by atoms with Gasteiger partial charge in [0, 0.05) is 17.5 Å². The van der Waals surface area contributed by atoms with E-state index in [4.69, 9.17) is 9.84 Å². The Morgan fingerprint density at radius 2 is 1.45 bits per heavy atom. The number of carboxylic acids is 1. The summed E-state index contributed by atoms with van der Waals surface area (Å²) in [6.07, 6.45) is 2.13. The van der Waals surface area contributed by atoms with Gasteiger partial charge in [0.05, 0.1) is 12.0 Å². The van der Waals surface area contributed by atoms with E-state index in [1.807, 2.05) is 0 Å². The van der Waals surface area contributed by atoms with Crippen LogP contribution in [0.25, 0.3) is 6.08 Å². The molecule has 0 spiro atoms. The molecule has 0 radical (unpaired) electrons. The summed E-state index contributed by atoms with van der Waals surface area (Å²) in [5, 5.41) is 8.77. The molecule has 9 nitrogen and oxygen atoms in total. The van der Waals surface area contributed by atoms with E-state index >= 15 is 0 Å². The van der Waals surface area contributed by atoms with Crippen LogP contribution in [-0.2, 0) is 24.8 Å². The maximum absolute atomic E-state index is 12.9. The third kappa shape index (κ3) is 6.11. The van der Waals surface area contributed by atoms with Crippen LogP contribution >= 0.6 is 0 Å². The number of nitrogens with one attached hydrogen (secondary N) is 2. The minimum Gasteiger partial charge on any atom is -0.495 e. The molecule has 172 valence electrons. The fourth-order valence-electron chi connectivity index (χ4n) is 2.81. The predicted octanol–water partition coefficient (Wildman–Crippen LogP) is 3.39. The number of para-hydroxylation sites is 1. The number of benzene rings is 3. The smallest absolute Gasteiger partial charge is 0.328 e. The Morgan fingerprint density at radius 3 is 2.06 bits per heavy atom. The maximum Gasteiger partial charge on any atom is 0.328 e. The largest absolute Gasteiger partial charge is 0.495 e. The molecule has 33 heavy (non-hydrogen) atoms. The van der Waals surface area contributed by atoms with Crippen LogP contribution in [0.1, 0.15) is 5.56 Å². The minimum atomic E-state index is -4.14. The topological polar surface area (TPSA) is 139 Å². The molecule has 0 saturated carbocycles. The summed E-state index contributed by atoms with van der Waals surface area (Å²) < 4.78 is 60.9. The first-order chi connectivity index (χ1) is 15.6. The number of methoxy groups -OCH3 is 1. The molecule has 3 aromatic rings. The highest BCUT2D eigenvalue weighted by molar-refractivity contribution is 7.93. The summed E-state index contributed by atoms with van der Waals surface area (Å²) in [4.78, 5) is 10.5. The number of ether oxygens (including phenoxy) is 1. The van der Waals surface area contributed by atoms with Crippen molar-refractivity contribution in [1.82, 2.24) is 0 Å². The van der Waals surface area contributed by atoms with Gasteiger partial charge < -0.3 is 9.84 Å². The SMILES string of the molecule is COc1ccc(/C=C/C(=O)O)cc1S(=O)(=O)Nc1ccc(S(=O)(=O)Nc2ccccc2)cc1. The molecule has 0 atom stereocenters. The van der Waals surface area contributed by atoms with E-state index in [0.717, 1.165) is 6.08 Å². The molecule has 0 amide bonds. The molecule has 3 aromatic carbocycles. The van der Waals surface area contributed by atoms with Gasteiger partial charge in [-0.3, -0.25) is 9.44 Å². The van der Waals surface area contributed by atoms with Crippen LogP contribution < -0.4 is 14.2 Å². The zero-order valence-electron chi connectivity index (χ0n) is 17.3. The van der Waals surface area contributed by atoms with Crippen molar-refractivity contribution in [2.24, 2.45) is 0 Å². The first-order valence-electron chi connectivity index (χ1n) is 9.40. The van der Waals surface area contributed by atoms with Crippen LogP contribution in [-0.4, -0.2) is 35.0 Å². The number of hydrogen-bond acceptors (Lipinski definition) is 6. The summed E-state index contributed by atoms with van der Waals surface area (Å²) in [6, 6.07) is 17.7. The van der Waals surface area contributed by atoms with E-state index in [9.17, 15) is 21.6 Å². The third-order valence-corrected chi connectivity index (χ3v) is 7.14. The van der Waals surface area contributed by atoms with Gasteiger partial charge in [0.15, 0.2) is 0 Å². The summed E-state index contributed by atoms with van der Waals surface area (Å²) in [5.74, 6) is -1.12. The third-order valence-electron chi connectivity index (χ3n) is 4.34. The second-order valence-corrected chi connectivity index (χ2v) is 10.0. The van der Waals surface area contributed by atoms with E-state index in [1.165, 1.54) is 55.7 Å². The highest BCUT2D eigenvalue weighted by atomic mass is 32.2. The van der Waals surface area contributed by atoms with Crippen molar-refractivity contribution < 1.29 is 31.5 Å². The Hall–Kier alpha value is -3.83. The average Bonchev–Trinajstić information content (AvgIpc) is 2.78. The van der Waals surface area contributed by atoms with Gasteiger partial charge in [0.1, 0.15) is 10.6 Å². The van der Waals surface area contributed by atoms with Crippen LogP contribution in [0.5, 0.6) is 5.75 Å². The van der Waals surface area contributed by atoms with E-state index in [1.54, 1.807) is 30.3 Å². The zero-order chi connectivity index (χ0) is 24.1. The summed E-state index contributed by atoms with van der Waals surface area (Å²) >= 11 is 0. The van der Waals surface area contributed by atoms with Gasteiger partial charge in [0.25, 0.3) is 20.0 Å². The Balaban J connectivity index is 1.84. The van der Waals surface area contributed by atoms with Gasteiger partial charge in [-0.15, -0.1) is 0 Å².